The fourth-order valence-corrected chi connectivity index (χ4v) is 4.30. The number of Topliss-reactive ketones (excluding diaryl/α,β-unsaturated/α-hetero) is 1. The predicted molar refractivity (Wildman–Crippen MR) is 110 cm³/mol. The number of aliphatic hydroxyl groups is 1. The number of hydrogen-bond acceptors (Lipinski definition) is 9. The van der Waals surface area contributed by atoms with E-state index in [9.17, 15) is 27.7 Å². The number of ether oxygens (including phenoxy) is 1. The molecule has 0 amide bonds. The number of carbonyl (C=O) groups excluding carboxylic acids is 2. The number of carbonyl (C=O) groups is 2. The Labute approximate surface area is 205 Å². The van der Waals surface area contributed by atoms with E-state index in [1.165, 1.54) is 0 Å². The van der Waals surface area contributed by atoms with Gasteiger partial charge in [0, 0.05) is 0 Å². The largest absolute Gasteiger partial charge is 1.00 e. The molecule has 0 spiro atoms. The molecule has 0 radical (unpaired) electrons. The van der Waals surface area contributed by atoms with Gasteiger partial charge in [-0.05, 0) is 30.2 Å². The van der Waals surface area contributed by atoms with Crippen molar-refractivity contribution < 1.29 is 62.0 Å². The molecule has 1 aromatic rings. The van der Waals surface area contributed by atoms with Gasteiger partial charge in [-0.25, -0.2) is 13.2 Å². The van der Waals surface area contributed by atoms with Crippen LogP contribution in [0, 0.1) is 11.8 Å². The van der Waals surface area contributed by atoms with Crippen LogP contribution < -0.4 is 41.0 Å². The summed E-state index contributed by atoms with van der Waals surface area (Å²) in [5.41, 5.74) is 9.55. The number of benzene rings is 1. The number of hydrogen-bond donors (Lipinski definition) is 3. The molecule has 0 fully saturated rings. The maximum atomic E-state index is 12.9. The first-order valence-electron chi connectivity index (χ1n) is 9.64. The summed E-state index contributed by atoms with van der Waals surface area (Å²) in [4.78, 5) is 22.0. The van der Waals surface area contributed by atoms with Crippen LogP contribution in [0.15, 0.2) is 30.3 Å². The first-order chi connectivity index (χ1) is 13.7. The fraction of sp³-hybridized carbons (Fsp3) is 0.600. The number of ketones is 1. The van der Waals surface area contributed by atoms with E-state index in [2.05, 4.69) is 0 Å². The molecule has 0 bridgehead atoms. The molecule has 5 N–H and O–H groups in total. The van der Waals surface area contributed by atoms with Gasteiger partial charge in [-0.3, -0.25) is 4.79 Å². The quantitative estimate of drug-likeness (QED) is 0.183. The van der Waals surface area contributed by atoms with Gasteiger partial charge in [0.25, 0.3) is 0 Å². The van der Waals surface area contributed by atoms with E-state index < -0.39 is 50.7 Å². The maximum absolute atomic E-state index is 12.9. The van der Waals surface area contributed by atoms with E-state index >= 15 is 0 Å². The standard InChI is InChI=1S/C20H32N2O7S.Na/c1-13(2)10-16(21)17(23)20(25,30(26,27)28)19(22,11-14(3)4)18(24)29-12-15-8-6-5-7-9-15;/h5-9,13-14,16,25H,10-12,21-22H2,1-4H3,(H,26,27,28);/q;+1/p-1/t16-,19?,20?;/m0./s1. The zero-order chi connectivity index (χ0) is 23.3. The third-order valence-corrected chi connectivity index (χ3v) is 5.96. The van der Waals surface area contributed by atoms with Crippen molar-refractivity contribution in [1.82, 2.24) is 0 Å². The molecule has 11 heteroatoms. The van der Waals surface area contributed by atoms with E-state index in [-0.39, 0.29) is 48.5 Å². The predicted octanol–water partition coefficient (Wildman–Crippen LogP) is -2.35. The van der Waals surface area contributed by atoms with Crippen molar-refractivity contribution in [3.8, 4) is 0 Å². The van der Waals surface area contributed by atoms with Gasteiger partial charge in [-0.15, -0.1) is 0 Å². The summed E-state index contributed by atoms with van der Waals surface area (Å²) >= 11 is 0. The monoisotopic (exact) mass is 466 g/mol. The van der Waals surface area contributed by atoms with Gasteiger partial charge < -0.3 is 25.9 Å². The minimum atomic E-state index is -5.83. The normalized spacial score (nSPS) is 16.7. The first kappa shape index (κ1) is 30.2. The van der Waals surface area contributed by atoms with Gasteiger partial charge in [-0.1, -0.05) is 58.0 Å². The number of esters is 1. The number of rotatable bonds is 11. The van der Waals surface area contributed by atoms with Crippen molar-refractivity contribution in [3.63, 3.8) is 0 Å². The average Bonchev–Trinajstić information content (AvgIpc) is 2.63. The molecule has 3 atom stereocenters. The number of nitrogens with two attached hydrogens (primary N) is 2. The van der Waals surface area contributed by atoms with E-state index in [4.69, 9.17) is 16.2 Å². The summed E-state index contributed by atoms with van der Waals surface area (Å²) in [6.07, 6.45) is -0.522. The SMILES string of the molecule is CC(C)C[C@H](N)C(=O)C(O)(C(N)(CC(C)C)C(=O)OCc1ccccc1)S(=O)(=O)[O-].[Na+]. The Bertz CT molecular complexity index is 848. The van der Waals surface area contributed by atoms with E-state index in [1.807, 2.05) is 0 Å². The van der Waals surface area contributed by atoms with E-state index in [0.29, 0.717) is 5.56 Å². The Kier molecular flexibility index (Phi) is 11.5. The summed E-state index contributed by atoms with van der Waals surface area (Å²) in [7, 11) is -5.83. The Balaban J connectivity index is 0.00000900. The second-order valence-electron chi connectivity index (χ2n) is 8.33. The molecule has 0 heterocycles. The van der Waals surface area contributed by atoms with Crippen molar-refractivity contribution in [2.75, 3.05) is 0 Å². The Morgan fingerprint density at radius 1 is 1.13 bits per heavy atom. The molecule has 9 nitrogen and oxygen atoms in total. The van der Waals surface area contributed by atoms with E-state index in [1.54, 1.807) is 58.0 Å². The van der Waals surface area contributed by atoms with Crippen molar-refractivity contribution in [1.29, 1.82) is 0 Å². The summed E-state index contributed by atoms with van der Waals surface area (Å²) in [5, 5.41) is 11.0. The summed E-state index contributed by atoms with van der Waals surface area (Å²) < 4.78 is 41.5. The minimum Gasteiger partial charge on any atom is -0.745 e. The van der Waals surface area contributed by atoms with Crippen LogP contribution in [0.2, 0.25) is 0 Å². The average molecular weight is 467 g/mol. The molecule has 1 rings (SSSR count). The summed E-state index contributed by atoms with van der Waals surface area (Å²) in [6.45, 7) is 6.31. The molecule has 0 aromatic heterocycles. The third-order valence-electron chi connectivity index (χ3n) is 4.67. The van der Waals surface area contributed by atoms with Crippen LogP contribution in [-0.2, 0) is 31.1 Å². The Morgan fingerprint density at radius 2 is 1.65 bits per heavy atom. The van der Waals surface area contributed by atoms with Gasteiger partial charge in [0.05, 0.1) is 6.04 Å². The fourth-order valence-electron chi connectivity index (χ4n) is 3.29. The molecule has 1 aromatic carbocycles. The van der Waals surface area contributed by atoms with Crippen LogP contribution in [0.25, 0.3) is 0 Å². The molecular weight excluding hydrogens is 435 g/mol. The van der Waals surface area contributed by atoms with Crippen LogP contribution >= 0.6 is 0 Å². The topological polar surface area (TPSA) is 173 Å². The van der Waals surface area contributed by atoms with E-state index in [0.717, 1.165) is 0 Å². The van der Waals surface area contributed by atoms with Crippen LogP contribution in [0.1, 0.15) is 46.1 Å². The molecular formula is C20H31N2NaO7S. The molecule has 31 heavy (non-hydrogen) atoms. The molecule has 0 saturated heterocycles. The molecule has 0 aliphatic rings. The van der Waals surface area contributed by atoms with Gasteiger partial charge >= 0.3 is 35.5 Å². The van der Waals surface area contributed by atoms with Crippen molar-refractivity contribution in [2.24, 2.45) is 23.3 Å². The molecule has 170 valence electrons. The van der Waals surface area contributed by atoms with Crippen LogP contribution in [0.3, 0.4) is 0 Å². The zero-order valence-electron chi connectivity index (χ0n) is 18.7. The van der Waals surface area contributed by atoms with Crippen molar-refractivity contribution >= 4 is 21.9 Å². The van der Waals surface area contributed by atoms with Gasteiger partial charge in [0.2, 0.25) is 4.93 Å². The van der Waals surface area contributed by atoms with Crippen molar-refractivity contribution in [3.05, 3.63) is 35.9 Å². The first-order valence-corrected chi connectivity index (χ1v) is 11.0. The summed E-state index contributed by atoms with van der Waals surface area (Å²) in [5.74, 6) is -3.52. The minimum absolute atomic E-state index is 0. The van der Waals surface area contributed by atoms with Crippen LogP contribution in [0.5, 0.6) is 0 Å². The van der Waals surface area contributed by atoms with Crippen LogP contribution in [-0.4, -0.2) is 46.3 Å². The van der Waals surface area contributed by atoms with Gasteiger partial charge in [0.15, 0.2) is 11.3 Å². The zero-order valence-corrected chi connectivity index (χ0v) is 21.5. The van der Waals surface area contributed by atoms with Gasteiger partial charge in [-0.2, -0.15) is 0 Å². The maximum Gasteiger partial charge on any atom is 1.00 e. The molecule has 0 aliphatic carbocycles. The van der Waals surface area contributed by atoms with Crippen LogP contribution in [0.4, 0.5) is 0 Å². The molecule has 0 saturated carbocycles. The third kappa shape index (κ3) is 7.06. The Morgan fingerprint density at radius 3 is 2.06 bits per heavy atom. The Hall–Kier alpha value is -0.850. The molecule has 0 aliphatic heterocycles. The molecule has 2 unspecified atom stereocenters. The van der Waals surface area contributed by atoms with Gasteiger partial charge in [0.1, 0.15) is 16.7 Å². The smallest absolute Gasteiger partial charge is 0.745 e. The van der Waals surface area contributed by atoms with Crippen molar-refractivity contribution in [2.45, 2.75) is 63.7 Å². The second kappa shape index (κ2) is 11.9. The second-order valence-corrected chi connectivity index (χ2v) is 9.83. The summed E-state index contributed by atoms with van der Waals surface area (Å²) in [6, 6.07) is 6.91.